The Labute approximate surface area is 118 Å². The van der Waals surface area contributed by atoms with Gasteiger partial charge in [-0.05, 0) is 40.5 Å². The standard InChI is InChI=1S/C12H13BrN4O2/c1-7(14)8-3-4-10(9(13)5-8)17-6-15-11(16-17)12(18)19-2/h3-7H,14H2,1-2H3. The van der Waals surface area contributed by atoms with Gasteiger partial charge in [0.2, 0.25) is 0 Å². The molecule has 0 bridgehead atoms. The fourth-order valence-corrected chi connectivity index (χ4v) is 2.13. The zero-order valence-corrected chi connectivity index (χ0v) is 12.1. The maximum Gasteiger partial charge on any atom is 0.377 e. The van der Waals surface area contributed by atoms with Crippen molar-refractivity contribution >= 4 is 21.9 Å². The van der Waals surface area contributed by atoms with Gasteiger partial charge in [0.25, 0.3) is 5.82 Å². The van der Waals surface area contributed by atoms with E-state index in [-0.39, 0.29) is 11.9 Å². The number of carbonyl (C=O) groups is 1. The molecule has 0 aliphatic heterocycles. The third-order valence-electron chi connectivity index (χ3n) is 2.60. The van der Waals surface area contributed by atoms with Gasteiger partial charge in [-0.15, -0.1) is 5.10 Å². The number of nitrogens with two attached hydrogens (primary N) is 1. The van der Waals surface area contributed by atoms with Gasteiger partial charge in [-0.25, -0.2) is 14.5 Å². The predicted molar refractivity (Wildman–Crippen MR) is 73.0 cm³/mol. The quantitative estimate of drug-likeness (QED) is 0.871. The van der Waals surface area contributed by atoms with E-state index in [0.29, 0.717) is 0 Å². The van der Waals surface area contributed by atoms with Crippen molar-refractivity contribution in [2.45, 2.75) is 13.0 Å². The minimum absolute atomic E-state index is 0.0191. The molecule has 0 spiro atoms. The number of halogens is 1. The van der Waals surface area contributed by atoms with E-state index in [0.717, 1.165) is 15.7 Å². The Kier molecular flexibility index (Phi) is 3.96. The van der Waals surface area contributed by atoms with Crippen molar-refractivity contribution in [1.29, 1.82) is 0 Å². The molecule has 0 aliphatic carbocycles. The summed E-state index contributed by atoms with van der Waals surface area (Å²) >= 11 is 3.46. The Morgan fingerprint density at radius 3 is 2.84 bits per heavy atom. The predicted octanol–water partition coefficient (Wildman–Crippen LogP) is 1.84. The van der Waals surface area contributed by atoms with Crippen LogP contribution in [-0.2, 0) is 4.74 Å². The van der Waals surface area contributed by atoms with Crippen LogP contribution in [-0.4, -0.2) is 27.8 Å². The maximum absolute atomic E-state index is 11.3. The van der Waals surface area contributed by atoms with E-state index in [1.54, 1.807) is 0 Å². The second-order valence-corrected chi connectivity index (χ2v) is 4.86. The second kappa shape index (κ2) is 5.50. The molecule has 7 heteroatoms. The van der Waals surface area contributed by atoms with Crippen molar-refractivity contribution in [2.24, 2.45) is 5.73 Å². The average molecular weight is 325 g/mol. The normalized spacial score (nSPS) is 12.2. The van der Waals surface area contributed by atoms with Gasteiger partial charge in [0.1, 0.15) is 6.33 Å². The number of carbonyl (C=O) groups excluding carboxylic acids is 1. The molecule has 2 rings (SSSR count). The Hall–Kier alpha value is -1.73. The summed E-state index contributed by atoms with van der Waals surface area (Å²) in [5, 5.41) is 4.06. The van der Waals surface area contributed by atoms with Crippen LogP contribution in [0.3, 0.4) is 0 Å². The molecule has 1 aromatic heterocycles. The number of esters is 1. The molecule has 19 heavy (non-hydrogen) atoms. The van der Waals surface area contributed by atoms with Crippen molar-refractivity contribution in [1.82, 2.24) is 14.8 Å². The van der Waals surface area contributed by atoms with Crippen LogP contribution in [0.4, 0.5) is 0 Å². The van der Waals surface area contributed by atoms with Gasteiger partial charge in [0.05, 0.1) is 12.8 Å². The molecule has 2 N–H and O–H groups in total. The zero-order valence-electron chi connectivity index (χ0n) is 10.5. The van der Waals surface area contributed by atoms with Crippen LogP contribution < -0.4 is 5.73 Å². The van der Waals surface area contributed by atoms with E-state index in [2.05, 4.69) is 30.7 Å². The Balaban J connectivity index is 2.37. The van der Waals surface area contributed by atoms with E-state index in [4.69, 9.17) is 5.73 Å². The molecule has 1 aromatic carbocycles. The molecule has 1 atom stereocenters. The molecule has 100 valence electrons. The van der Waals surface area contributed by atoms with Crippen LogP contribution in [0, 0.1) is 0 Å². The highest BCUT2D eigenvalue weighted by atomic mass is 79.9. The number of hydrogen-bond acceptors (Lipinski definition) is 5. The number of benzene rings is 1. The largest absolute Gasteiger partial charge is 0.463 e. The molecule has 0 radical (unpaired) electrons. The van der Waals surface area contributed by atoms with E-state index in [1.807, 2.05) is 25.1 Å². The smallest absolute Gasteiger partial charge is 0.377 e. The van der Waals surface area contributed by atoms with Gasteiger partial charge in [0, 0.05) is 10.5 Å². The first-order valence-electron chi connectivity index (χ1n) is 5.58. The minimum Gasteiger partial charge on any atom is -0.463 e. The average Bonchev–Trinajstić information content (AvgIpc) is 2.87. The van der Waals surface area contributed by atoms with Gasteiger partial charge >= 0.3 is 5.97 Å². The summed E-state index contributed by atoms with van der Waals surface area (Å²) in [4.78, 5) is 15.2. The summed E-state index contributed by atoms with van der Waals surface area (Å²) in [6.45, 7) is 1.91. The van der Waals surface area contributed by atoms with Crippen molar-refractivity contribution < 1.29 is 9.53 Å². The van der Waals surface area contributed by atoms with Crippen LogP contribution >= 0.6 is 15.9 Å². The lowest BCUT2D eigenvalue weighted by molar-refractivity contribution is 0.0587. The number of ether oxygens (including phenoxy) is 1. The molecule has 2 aromatic rings. The fraction of sp³-hybridized carbons (Fsp3) is 0.250. The molecule has 0 amide bonds. The van der Waals surface area contributed by atoms with Crippen molar-refractivity contribution in [2.75, 3.05) is 7.11 Å². The SMILES string of the molecule is COC(=O)c1ncn(-c2ccc(C(C)N)cc2Br)n1. The first kappa shape index (κ1) is 13.7. The number of hydrogen-bond donors (Lipinski definition) is 1. The molecule has 6 nitrogen and oxygen atoms in total. The zero-order chi connectivity index (χ0) is 14.0. The number of methoxy groups -OCH3 is 1. The van der Waals surface area contributed by atoms with E-state index < -0.39 is 5.97 Å². The molecule has 1 unspecified atom stereocenters. The van der Waals surface area contributed by atoms with Crippen LogP contribution in [0.5, 0.6) is 0 Å². The first-order chi connectivity index (χ1) is 9.02. The van der Waals surface area contributed by atoms with Crippen molar-refractivity contribution in [3.8, 4) is 5.69 Å². The summed E-state index contributed by atoms with van der Waals surface area (Å²) in [6.07, 6.45) is 1.46. The minimum atomic E-state index is -0.568. The van der Waals surface area contributed by atoms with Crippen molar-refractivity contribution in [3.05, 3.63) is 40.4 Å². The second-order valence-electron chi connectivity index (χ2n) is 4.00. The van der Waals surface area contributed by atoms with E-state index in [1.165, 1.54) is 18.1 Å². The number of aromatic nitrogens is 3. The van der Waals surface area contributed by atoms with Gasteiger partial charge in [-0.1, -0.05) is 6.07 Å². The van der Waals surface area contributed by atoms with Gasteiger partial charge in [0.15, 0.2) is 0 Å². The summed E-state index contributed by atoms with van der Waals surface area (Å²) in [6, 6.07) is 5.63. The van der Waals surface area contributed by atoms with E-state index >= 15 is 0 Å². The van der Waals surface area contributed by atoms with Gasteiger partial charge < -0.3 is 10.5 Å². The molecule has 0 fully saturated rings. The molecule has 0 saturated heterocycles. The van der Waals surface area contributed by atoms with Gasteiger partial charge in [-0.3, -0.25) is 0 Å². The monoisotopic (exact) mass is 324 g/mol. The summed E-state index contributed by atoms with van der Waals surface area (Å²) in [7, 11) is 1.29. The van der Waals surface area contributed by atoms with Crippen molar-refractivity contribution in [3.63, 3.8) is 0 Å². The van der Waals surface area contributed by atoms with E-state index in [9.17, 15) is 4.79 Å². The van der Waals surface area contributed by atoms with Crippen LogP contribution in [0.15, 0.2) is 29.0 Å². The summed E-state index contributed by atoms with van der Waals surface area (Å²) < 4.78 is 6.88. The third-order valence-corrected chi connectivity index (χ3v) is 3.24. The first-order valence-corrected chi connectivity index (χ1v) is 6.37. The maximum atomic E-state index is 11.3. The lowest BCUT2D eigenvalue weighted by Gasteiger charge is -2.09. The lowest BCUT2D eigenvalue weighted by atomic mass is 10.1. The number of nitrogens with zero attached hydrogens (tertiary/aromatic N) is 3. The lowest BCUT2D eigenvalue weighted by Crippen LogP contribution is -2.07. The van der Waals surface area contributed by atoms with Crippen LogP contribution in [0.2, 0.25) is 0 Å². The third kappa shape index (κ3) is 2.82. The van der Waals surface area contributed by atoms with Crippen LogP contribution in [0.25, 0.3) is 5.69 Å². The molecule has 0 aliphatic rings. The Morgan fingerprint density at radius 1 is 1.53 bits per heavy atom. The Bertz CT molecular complexity index is 610. The highest BCUT2D eigenvalue weighted by molar-refractivity contribution is 9.10. The molecular formula is C12H13BrN4O2. The highest BCUT2D eigenvalue weighted by Gasteiger charge is 2.13. The summed E-state index contributed by atoms with van der Waals surface area (Å²) in [5.74, 6) is -0.548. The van der Waals surface area contributed by atoms with Crippen LogP contribution in [0.1, 0.15) is 29.1 Å². The summed E-state index contributed by atoms with van der Waals surface area (Å²) in [5.41, 5.74) is 7.59. The molecule has 1 heterocycles. The Morgan fingerprint density at radius 2 is 2.26 bits per heavy atom. The number of rotatable bonds is 3. The van der Waals surface area contributed by atoms with Gasteiger partial charge in [-0.2, -0.15) is 0 Å². The molecular weight excluding hydrogens is 312 g/mol. The molecule has 0 saturated carbocycles. The topological polar surface area (TPSA) is 83.0 Å². The highest BCUT2D eigenvalue weighted by Crippen LogP contribution is 2.24. The fourth-order valence-electron chi connectivity index (χ4n) is 1.56.